The van der Waals surface area contributed by atoms with Gasteiger partial charge in [-0.15, -0.1) is 0 Å². The minimum Gasteiger partial charge on any atom is -0.205 e. The zero-order chi connectivity index (χ0) is 12.0. The quantitative estimate of drug-likeness (QED) is 0.723. The molecule has 0 N–H and O–H groups in total. The van der Waals surface area contributed by atoms with Crippen LogP contribution in [0.1, 0.15) is 32.3 Å². The van der Waals surface area contributed by atoms with Crippen LogP contribution in [-0.2, 0) is 5.41 Å². The molecular weight excluding hydrogens is 225 g/mol. The summed E-state index contributed by atoms with van der Waals surface area (Å²) >= 11 is 5.74. The van der Waals surface area contributed by atoms with Gasteiger partial charge in [-0.3, -0.25) is 0 Å². The summed E-state index contributed by atoms with van der Waals surface area (Å²) in [6.45, 7) is 4.18. The standard InChI is InChI=1S/C13H13ClFN/c1-12(2)6-13(7-12,8-16)9-4-3-5-10(14)11(9)15/h3-5H,6-7H2,1-2H3. The number of benzene rings is 1. The molecule has 3 heteroatoms. The zero-order valence-electron chi connectivity index (χ0n) is 9.35. The van der Waals surface area contributed by atoms with Crippen molar-refractivity contribution >= 4 is 11.6 Å². The lowest BCUT2D eigenvalue weighted by atomic mass is 9.52. The van der Waals surface area contributed by atoms with Crippen molar-refractivity contribution in [2.75, 3.05) is 0 Å². The number of hydrogen-bond acceptors (Lipinski definition) is 1. The van der Waals surface area contributed by atoms with E-state index >= 15 is 0 Å². The lowest BCUT2D eigenvalue weighted by Gasteiger charge is -2.49. The Bertz CT molecular complexity index is 465. The molecule has 0 unspecified atom stereocenters. The van der Waals surface area contributed by atoms with Crippen molar-refractivity contribution in [3.8, 4) is 6.07 Å². The molecule has 16 heavy (non-hydrogen) atoms. The lowest BCUT2D eigenvalue weighted by Crippen LogP contribution is -2.46. The number of hydrogen-bond donors (Lipinski definition) is 0. The summed E-state index contributed by atoms with van der Waals surface area (Å²) in [7, 11) is 0. The van der Waals surface area contributed by atoms with Crippen LogP contribution in [0.5, 0.6) is 0 Å². The highest BCUT2D eigenvalue weighted by Crippen LogP contribution is 2.55. The van der Waals surface area contributed by atoms with Crippen molar-refractivity contribution in [2.45, 2.75) is 32.1 Å². The molecule has 1 aromatic carbocycles. The molecule has 0 atom stereocenters. The van der Waals surface area contributed by atoms with E-state index in [0.29, 0.717) is 18.4 Å². The molecule has 1 aliphatic carbocycles. The predicted octanol–water partition coefficient (Wildman–Crippen LogP) is 4.06. The van der Waals surface area contributed by atoms with E-state index < -0.39 is 11.2 Å². The van der Waals surface area contributed by atoms with Crippen LogP contribution in [0.15, 0.2) is 18.2 Å². The van der Waals surface area contributed by atoms with Crippen LogP contribution in [0, 0.1) is 22.6 Å². The highest BCUT2D eigenvalue weighted by molar-refractivity contribution is 6.30. The molecule has 2 rings (SSSR count). The number of rotatable bonds is 1. The third kappa shape index (κ3) is 1.60. The highest BCUT2D eigenvalue weighted by atomic mass is 35.5. The first-order chi connectivity index (χ1) is 7.40. The maximum absolute atomic E-state index is 13.9. The molecule has 0 amide bonds. The Morgan fingerprint density at radius 2 is 2.00 bits per heavy atom. The molecule has 1 fully saturated rings. The van der Waals surface area contributed by atoms with Gasteiger partial charge in [0.05, 0.1) is 16.5 Å². The van der Waals surface area contributed by atoms with E-state index in [1.54, 1.807) is 12.1 Å². The minimum absolute atomic E-state index is 0.0943. The largest absolute Gasteiger partial charge is 0.205 e. The fourth-order valence-electron chi connectivity index (χ4n) is 2.79. The van der Waals surface area contributed by atoms with Crippen LogP contribution >= 0.6 is 11.6 Å². The molecule has 84 valence electrons. The Kier molecular flexibility index (Phi) is 2.47. The normalized spacial score (nSPS) is 20.9. The lowest BCUT2D eigenvalue weighted by molar-refractivity contribution is 0.0971. The van der Waals surface area contributed by atoms with Gasteiger partial charge in [-0.2, -0.15) is 5.26 Å². The van der Waals surface area contributed by atoms with Crippen molar-refractivity contribution in [3.05, 3.63) is 34.6 Å². The summed E-state index contributed by atoms with van der Waals surface area (Å²) in [4.78, 5) is 0. The fourth-order valence-corrected chi connectivity index (χ4v) is 2.96. The van der Waals surface area contributed by atoms with Crippen molar-refractivity contribution in [3.63, 3.8) is 0 Å². The van der Waals surface area contributed by atoms with Crippen molar-refractivity contribution in [1.82, 2.24) is 0 Å². The maximum atomic E-state index is 13.9. The van der Waals surface area contributed by atoms with Gasteiger partial charge < -0.3 is 0 Å². The first-order valence-electron chi connectivity index (χ1n) is 5.26. The van der Waals surface area contributed by atoms with Crippen LogP contribution in [0.25, 0.3) is 0 Å². The van der Waals surface area contributed by atoms with Crippen molar-refractivity contribution in [1.29, 1.82) is 5.26 Å². The van der Waals surface area contributed by atoms with E-state index in [-0.39, 0.29) is 10.4 Å². The number of nitriles is 1. The van der Waals surface area contributed by atoms with E-state index in [9.17, 15) is 9.65 Å². The fraction of sp³-hybridized carbons (Fsp3) is 0.462. The molecule has 0 aromatic heterocycles. The third-order valence-corrected chi connectivity index (χ3v) is 3.53. The van der Waals surface area contributed by atoms with Gasteiger partial charge in [-0.25, -0.2) is 4.39 Å². The predicted molar refractivity (Wildman–Crippen MR) is 61.7 cm³/mol. The Labute approximate surface area is 99.8 Å². The van der Waals surface area contributed by atoms with Gasteiger partial charge >= 0.3 is 0 Å². The Balaban J connectivity index is 2.45. The molecule has 1 aromatic rings. The molecule has 0 bridgehead atoms. The van der Waals surface area contributed by atoms with Gasteiger partial charge in [0, 0.05) is 5.56 Å². The first-order valence-corrected chi connectivity index (χ1v) is 5.64. The molecule has 0 heterocycles. The Morgan fingerprint density at radius 3 is 2.50 bits per heavy atom. The van der Waals surface area contributed by atoms with Crippen molar-refractivity contribution < 1.29 is 4.39 Å². The zero-order valence-corrected chi connectivity index (χ0v) is 10.1. The smallest absolute Gasteiger partial charge is 0.146 e. The van der Waals surface area contributed by atoms with Crippen LogP contribution in [0.2, 0.25) is 5.02 Å². The van der Waals surface area contributed by atoms with E-state index in [2.05, 4.69) is 19.9 Å². The van der Waals surface area contributed by atoms with Gasteiger partial charge in [0.1, 0.15) is 5.82 Å². The van der Waals surface area contributed by atoms with E-state index in [1.807, 2.05) is 0 Å². The molecule has 0 aliphatic heterocycles. The summed E-state index contributed by atoms with van der Waals surface area (Å²) in [6, 6.07) is 7.13. The number of halogens is 2. The maximum Gasteiger partial charge on any atom is 0.146 e. The molecule has 0 saturated heterocycles. The third-order valence-electron chi connectivity index (χ3n) is 3.24. The summed E-state index contributed by atoms with van der Waals surface area (Å²) in [5.74, 6) is -0.443. The second-order valence-electron chi connectivity index (χ2n) is 5.31. The first kappa shape index (κ1) is 11.4. The summed E-state index contributed by atoms with van der Waals surface area (Å²) < 4.78 is 13.9. The average Bonchev–Trinajstić information content (AvgIpc) is 2.18. The van der Waals surface area contributed by atoms with Gasteiger partial charge in [-0.1, -0.05) is 37.6 Å². The monoisotopic (exact) mass is 237 g/mol. The van der Waals surface area contributed by atoms with E-state index in [0.717, 1.165) is 0 Å². The van der Waals surface area contributed by atoms with Gasteiger partial charge in [-0.05, 0) is 24.3 Å². The van der Waals surface area contributed by atoms with Gasteiger partial charge in [0.25, 0.3) is 0 Å². The second kappa shape index (κ2) is 3.46. The molecule has 1 nitrogen and oxygen atoms in total. The Morgan fingerprint density at radius 1 is 1.38 bits per heavy atom. The van der Waals surface area contributed by atoms with Crippen LogP contribution < -0.4 is 0 Å². The van der Waals surface area contributed by atoms with Crippen LogP contribution in [0.4, 0.5) is 4.39 Å². The molecular formula is C13H13ClFN. The van der Waals surface area contributed by atoms with Crippen LogP contribution in [-0.4, -0.2) is 0 Å². The summed E-state index contributed by atoms with van der Waals surface area (Å²) in [5, 5.41) is 9.37. The number of nitrogens with zero attached hydrogens (tertiary/aromatic N) is 1. The highest BCUT2D eigenvalue weighted by Gasteiger charge is 2.52. The Hall–Kier alpha value is -1.07. The van der Waals surface area contributed by atoms with Crippen LogP contribution in [0.3, 0.4) is 0 Å². The molecule has 0 radical (unpaired) electrons. The molecule has 1 aliphatic rings. The minimum atomic E-state index is -0.682. The van der Waals surface area contributed by atoms with Gasteiger partial charge in [0.2, 0.25) is 0 Å². The summed E-state index contributed by atoms with van der Waals surface area (Å²) in [5.41, 5.74) is -0.120. The van der Waals surface area contributed by atoms with E-state index in [1.165, 1.54) is 6.07 Å². The van der Waals surface area contributed by atoms with Gasteiger partial charge in [0.15, 0.2) is 0 Å². The second-order valence-corrected chi connectivity index (χ2v) is 5.72. The SMILES string of the molecule is CC1(C)CC(C#N)(c2cccc(Cl)c2F)C1. The molecule has 1 saturated carbocycles. The topological polar surface area (TPSA) is 23.8 Å². The molecule has 0 spiro atoms. The van der Waals surface area contributed by atoms with E-state index in [4.69, 9.17) is 11.6 Å². The summed E-state index contributed by atoms with van der Waals surface area (Å²) in [6.07, 6.45) is 1.38. The average molecular weight is 238 g/mol. The van der Waals surface area contributed by atoms with Crippen molar-refractivity contribution in [2.24, 2.45) is 5.41 Å².